The van der Waals surface area contributed by atoms with Crippen LogP contribution in [0.4, 0.5) is 8.78 Å². The Hall–Kier alpha value is -1.53. The SMILES string of the molecule is CCC(c1ccc(F)cc1F)N1CCN(CC(=O)O)CC1. The first kappa shape index (κ1) is 15.9. The maximum atomic E-state index is 13.9. The van der Waals surface area contributed by atoms with E-state index >= 15 is 0 Å². The zero-order valence-corrected chi connectivity index (χ0v) is 12.1. The summed E-state index contributed by atoms with van der Waals surface area (Å²) in [6.07, 6.45) is 0.724. The largest absolute Gasteiger partial charge is 0.480 e. The number of carbonyl (C=O) groups is 1. The molecule has 1 N–H and O–H groups in total. The Morgan fingerprint density at radius 1 is 1.29 bits per heavy atom. The standard InChI is InChI=1S/C15H20F2N2O2/c1-2-14(12-4-3-11(16)9-13(12)17)19-7-5-18(6-8-19)10-15(20)21/h3-4,9,14H,2,5-8,10H2,1H3,(H,20,21). The summed E-state index contributed by atoms with van der Waals surface area (Å²) in [7, 11) is 0. The van der Waals surface area contributed by atoms with E-state index in [4.69, 9.17) is 5.11 Å². The van der Waals surface area contributed by atoms with E-state index in [0.717, 1.165) is 12.5 Å². The molecule has 116 valence electrons. The Morgan fingerprint density at radius 2 is 1.95 bits per heavy atom. The summed E-state index contributed by atoms with van der Waals surface area (Å²) in [4.78, 5) is 14.7. The van der Waals surface area contributed by atoms with Crippen LogP contribution in [-0.4, -0.2) is 53.6 Å². The third kappa shape index (κ3) is 3.98. The first-order valence-electron chi connectivity index (χ1n) is 7.14. The van der Waals surface area contributed by atoms with Crippen molar-refractivity contribution in [1.29, 1.82) is 0 Å². The van der Waals surface area contributed by atoms with Crippen LogP contribution in [0.1, 0.15) is 24.9 Å². The predicted octanol–water partition coefficient (Wildman–Crippen LogP) is 2.12. The molecular weight excluding hydrogens is 278 g/mol. The first-order chi connectivity index (χ1) is 10.0. The van der Waals surface area contributed by atoms with E-state index in [9.17, 15) is 13.6 Å². The van der Waals surface area contributed by atoms with Gasteiger partial charge in [0.15, 0.2) is 0 Å². The van der Waals surface area contributed by atoms with Gasteiger partial charge in [0.05, 0.1) is 6.54 Å². The summed E-state index contributed by atoms with van der Waals surface area (Å²) < 4.78 is 27.0. The normalized spacial score (nSPS) is 18.6. The highest BCUT2D eigenvalue weighted by atomic mass is 19.1. The number of halogens is 2. The second-order valence-electron chi connectivity index (χ2n) is 5.30. The highest BCUT2D eigenvalue weighted by Crippen LogP contribution is 2.27. The number of piperazine rings is 1. The van der Waals surface area contributed by atoms with E-state index in [0.29, 0.717) is 31.7 Å². The summed E-state index contributed by atoms with van der Waals surface area (Å²) in [5.41, 5.74) is 0.505. The van der Waals surface area contributed by atoms with Gasteiger partial charge in [0.2, 0.25) is 0 Å². The summed E-state index contributed by atoms with van der Waals surface area (Å²) in [5, 5.41) is 8.79. The molecule has 6 heteroatoms. The molecule has 1 heterocycles. The molecule has 1 saturated heterocycles. The zero-order chi connectivity index (χ0) is 15.4. The number of nitrogens with zero attached hydrogens (tertiary/aromatic N) is 2. The maximum absolute atomic E-state index is 13.9. The first-order valence-corrected chi connectivity index (χ1v) is 7.14. The van der Waals surface area contributed by atoms with E-state index < -0.39 is 17.6 Å². The lowest BCUT2D eigenvalue weighted by Gasteiger charge is -2.38. The Bertz CT molecular complexity index is 502. The van der Waals surface area contributed by atoms with Gasteiger partial charge < -0.3 is 5.11 Å². The van der Waals surface area contributed by atoms with Crippen molar-refractivity contribution in [2.45, 2.75) is 19.4 Å². The third-order valence-corrected chi connectivity index (χ3v) is 3.91. The van der Waals surface area contributed by atoms with Crippen molar-refractivity contribution in [2.24, 2.45) is 0 Å². The Balaban J connectivity index is 2.04. The summed E-state index contributed by atoms with van der Waals surface area (Å²) in [5.74, 6) is -1.92. The van der Waals surface area contributed by atoms with Gasteiger partial charge in [-0.15, -0.1) is 0 Å². The van der Waals surface area contributed by atoms with Crippen LogP contribution in [-0.2, 0) is 4.79 Å². The lowest BCUT2D eigenvalue weighted by atomic mass is 10.0. The van der Waals surface area contributed by atoms with Crippen LogP contribution < -0.4 is 0 Å². The number of benzene rings is 1. The molecular formula is C15H20F2N2O2. The smallest absolute Gasteiger partial charge is 0.317 e. The maximum Gasteiger partial charge on any atom is 0.317 e. The molecule has 0 aromatic heterocycles. The molecule has 2 rings (SSSR count). The van der Waals surface area contributed by atoms with Gasteiger partial charge in [-0.3, -0.25) is 14.6 Å². The molecule has 4 nitrogen and oxygen atoms in total. The van der Waals surface area contributed by atoms with Crippen LogP contribution in [0.3, 0.4) is 0 Å². The molecule has 1 aromatic carbocycles. The van der Waals surface area contributed by atoms with Crippen molar-refractivity contribution in [1.82, 2.24) is 9.80 Å². The summed E-state index contributed by atoms with van der Waals surface area (Å²) >= 11 is 0. The van der Waals surface area contributed by atoms with Crippen LogP contribution in [0.2, 0.25) is 0 Å². The van der Waals surface area contributed by atoms with Gasteiger partial charge in [-0.05, 0) is 12.5 Å². The highest BCUT2D eigenvalue weighted by molar-refractivity contribution is 5.69. The van der Waals surface area contributed by atoms with Crippen LogP contribution >= 0.6 is 0 Å². The van der Waals surface area contributed by atoms with E-state index in [1.807, 2.05) is 11.8 Å². The number of carboxylic acid groups (broad SMARTS) is 1. The van der Waals surface area contributed by atoms with E-state index in [1.165, 1.54) is 12.1 Å². The van der Waals surface area contributed by atoms with Gasteiger partial charge in [0, 0.05) is 43.9 Å². The van der Waals surface area contributed by atoms with Gasteiger partial charge >= 0.3 is 5.97 Å². The minimum absolute atomic E-state index is 0.0372. The molecule has 1 aromatic rings. The van der Waals surface area contributed by atoms with E-state index in [2.05, 4.69) is 4.90 Å². The average Bonchev–Trinajstić information content (AvgIpc) is 2.43. The zero-order valence-electron chi connectivity index (χ0n) is 12.1. The van der Waals surface area contributed by atoms with Crippen LogP contribution in [0.5, 0.6) is 0 Å². The fourth-order valence-electron chi connectivity index (χ4n) is 2.87. The molecule has 1 unspecified atom stereocenters. The van der Waals surface area contributed by atoms with Gasteiger partial charge in [0.25, 0.3) is 0 Å². The Morgan fingerprint density at radius 3 is 2.48 bits per heavy atom. The second kappa shape index (κ2) is 6.95. The second-order valence-corrected chi connectivity index (χ2v) is 5.30. The number of carboxylic acids is 1. The molecule has 0 aliphatic carbocycles. The van der Waals surface area contributed by atoms with Crippen molar-refractivity contribution in [3.8, 4) is 0 Å². The van der Waals surface area contributed by atoms with Gasteiger partial charge in [-0.25, -0.2) is 8.78 Å². The quantitative estimate of drug-likeness (QED) is 0.904. The molecule has 0 saturated carbocycles. The van der Waals surface area contributed by atoms with Crippen molar-refractivity contribution < 1.29 is 18.7 Å². The number of hydrogen-bond acceptors (Lipinski definition) is 3. The fourth-order valence-corrected chi connectivity index (χ4v) is 2.87. The topological polar surface area (TPSA) is 43.8 Å². The third-order valence-electron chi connectivity index (χ3n) is 3.91. The molecule has 0 radical (unpaired) electrons. The van der Waals surface area contributed by atoms with Gasteiger partial charge in [-0.2, -0.15) is 0 Å². The van der Waals surface area contributed by atoms with Crippen LogP contribution in [0.25, 0.3) is 0 Å². The van der Waals surface area contributed by atoms with Crippen molar-refractivity contribution in [2.75, 3.05) is 32.7 Å². The van der Waals surface area contributed by atoms with E-state index in [-0.39, 0.29) is 12.6 Å². The van der Waals surface area contributed by atoms with E-state index in [1.54, 1.807) is 0 Å². The molecule has 1 aliphatic rings. The van der Waals surface area contributed by atoms with Gasteiger partial charge in [-0.1, -0.05) is 13.0 Å². The lowest BCUT2D eigenvalue weighted by molar-refractivity contribution is -0.138. The molecule has 21 heavy (non-hydrogen) atoms. The van der Waals surface area contributed by atoms with Crippen LogP contribution in [0.15, 0.2) is 18.2 Å². The van der Waals surface area contributed by atoms with Crippen molar-refractivity contribution in [3.05, 3.63) is 35.4 Å². The molecule has 0 bridgehead atoms. The molecule has 0 spiro atoms. The Kier molecular flexibility index (Phi) is 5.25. The van der Waals surface area contributed by atoms with Crippen molar-refractivity contribution >= 4 is 5.97 Å². The number of aliphatic carboxylic acids is 1. The van der Waals surface area contributed by atoms with Gasteiger partial charge in [0.1, 0.15) is 11.6 Å². The molecule has 1 atom stereocenters. The highest BCUT2D eigenvalue weighted by Gasteiger charge is 2.26. The fraction of sp³-hybridized carbons (Fsp3) is 0.533. The summed E-state index contributed by atoms with van der Waals surface area (Å²) in [6, 6.07) is 3.60. The number of rotatable bonds is 5. The number of hydrogen-bond donors (Lipinski definition) is 1. The molecule has 1 aliphatic heterocycles. The monoisotopic (exact) mass is 298 g/mol. The molecule has 1 fully saturated rings. The average molecular weight is 298 g/mol. The predicted molar refractivity (Wildman–Crippen MR) is 75.0 cm³/mol. The lowest BCUT2D eigenvalue weighted by Crippen LogP contribution is -2.49. The minimum atomic E-state index is -0.833. The van der Waals surface area contributed by atoms with Crippen LogP contribution in [0, 0.1) is 11.6 Å². The Labute approximate surface area is 123 Å². The summed E-state index contributed by atoms with van der Waals surface area (Å²) in [6.45, 7) is 4.66. The molecule has 0 amide bonds. The van der Waals surface area contributed by atoms with Crippen molar-refractivity contribution in [3.63, 3.8) is 0 Å². The minimum Gasteiger partial charge on any atom is -0.480 e.